The number of aromatic nitrogens is 2. The first-order chi connectivity index (χ1) is 10.1. The van der Waals surface area contributed by atoms with Gasteiger partial charge in [-0.3, -0.25) is 4.68 Å². The molecule has 21 heavy (non-hydrogen) atoms. The highest BCUT2D eigenvalue weighted by Crippen LogP contribution is 2.29. The van der Waals surface area contributed by atoms with Gasteiger partial charge in [-0.15, -0.1) is 0 Å². The summed E-state index contributed by atoms with van der Waals surface area (Å²) in [6.45, 7) is 0. The van der Waals surface area contributed by atoms with E-state index < -0.39 is 11.9 Å². The molecule has 1 heterocycles. The molecule has 5 heteroatoms. The van der Waals surface area contributed by atoms with E-state index in [1.165, 1.54) is 37.8 Å². The quantitative estimate of drug-likeness (QED) is 0.924. The predicted molar refractivity (Wildman–Crippen MR) is 79.8 cm³/mol. The van der Waals surface area contributed by atoms with Crippen LogP contribution >= 0.6 is 11.6 Å². The van der Waals surface area contributed by atoms with Crippen LogP contribution in [0.15, 0.2) is 30.5 Å². The molecule has 3 rings (SSSR count). The fourth-order valence-electron chi connectivity index (χ4n) is 2.89. The summed E-state index contributed by atoms with van der Waals surface area (Å²) in [6, 6.07) is 6.73. The third kappa shape index (κ3) is 3.27. The van der Waals surface area contributed by atoms with E-state index in [4.69, 9.17) is 11.6 Å². The van der Waals surface area contributed by atoms with Gasteiger partial charge in [0.15, 0.2) is 0 Å². The van der Waals surface area contributed by atoms with Crippen LogP contribution in [0.3, 0.4) is 0 Å². The average molecular weight is 309 g/mol. The number of aliphatic hydroxyl groups excluding tert-OH is 1. The highest BCUT2D eigenvalue weighted by molar-refractivity contribution is 6.30. The summed E-state index contributed by atoms with van der Waals surface area (Å²) in [6.07, 6.45) is 6.54. The van der Waals surface area contributed by atoms with Crippen LogP contribution < -0.4 is 0 Å². The number of halogens is 2. The molecule has 1 aromatic heterocycles. The maximum Gasteiger partial charge on any atom is 0.141 e. The first kappa shape index (κ1) is 14.5. The van der Waals surface area contributed by atoms with Crippen molar-refractivity contribution in [3.8, 4) is 0 Å². The molecule has 1 fully saturated rings. The molecule has 0 amide bonds. The molecule has 1 atom stereocenters. The Hall–Kier alpha value is -1.39. The SMILES string of the molecule is OC(Cc1ccn(C2CCCC2)n1)c1ccc(F)c(Cl)c1. The number of benzene rings is 1. The number of hydrogen-bond acceptors (Lipinski definition) is 2. The van der Waals surface area contributed by atoms with E-state index in [2.05, 4.69) is 5.10 Å². The monoisotopic (exact) mass is 308 g/mol. The summed E-state index contributed by atoms with van der Waals surface area (Å²) in [5, 5.41) is 14.8. The second-order valence-corrected chi connectivity index (χ2v) is 6.03. The molecule has 1 aromatic carbocycles. The van der Waals surface area contributed by atoms with Crippen LogP contribution in [0.2, 0.25) is 5.02 Å². The topological polar surface area (TPSA) is 38.0 Å². The van der Waals surface area contributed by atoms with Crippen molar-refractivity contribution in [3.63, 3.8) is 0 Å². The van der Waals surface area contributed by atoms with Gasteiger partial charge in [-0.1, -0.05) is 30.5 Å². The van der Waals surface area contributed by atoms with Crippen molar-refractivity contribution in [2.24, 2.45) is 0 Å². The molecule has 2 aromatic rings. The molecule has 1 N–H and O–H groups in total. The smallest absolute Gasteiger partial charge is 0.141 e. The van der Waals surface area contributed by atoms with Crippen LogP contribution in [0.25, 0.3) is 0 Å². The molecule has 1 aliphatic rings. The third-order valence-corrected chi connectivity index (χ3v) is 4.38. The van der Waals surface area contributed by atoms with Gasteiger partial charge in [0.1, 0.15) is 5.82 Å². The maximum atomic E-state index is 13.1. The molecule has 1 saturated carbocycles. The summed E-state index contributed by atoms with van der Waals surface area (Å²) in [7, 11) is 0. The van der Waals surface area contributed by atoms with Crippen molar-refractivity contribution in [3.05, 3.63) is 52.6 Å². The molecule has 0 spiro atoms. The Morgan fingerprint density at radius 2 is 2.10 bits per heavy atom. The van der Waals surface area contributed by atoms with E-state index in [9.17, 15) is 9.50 Å². The van der Waals surface area contributed by atoms with Crippen molar-refractivity contribution in [2.75, 3.05) is 0 Å². The molecule has 0 saturated heterocycles. The third-order valence-electron chi connectivity index (χ3n) is 4.09. The second kappa shape index (κ2) is 6.16. The Morgan fingerprint density at radius 3 is 2.81 bits per heavy atom. The molecule has 112 valence electrons. The zero-order valence-electron chi connectivity index (χ0n) is 11.7. The van der Waals surface area contributed by atoms with Crippen LogP contribution in [-0.2, 0) is 6.42 Å². The lowest BCUT2D eigenvalue weighted by Crippen LogP contribution is -2.07. The zero-order chi connectivity index (χ0) is 14.8. The summed E-state index contributed by atoms with van der Waals surface area (Å²) in [5.41, 5.74) is 1.45. The first-order valence-corrected chi connectivity index (χ1v) is 7.68. The van der Waals surface area contributed by atoms with Crippen LogP contribution in [0.1, 0.15) is 49.1 Å². The highest BCUT2D eigenvalue weighted by atomic mass is 35.5. The number of nitrogens with zero attached hydrogens (tertiary/aromatic N) is 2. The summed E-state index contributed by atoms with van der Waals surface area (Å²) in [4.78, 5) is 0. The van der Waals surface area contributed by atoms with Gasteiger partial charge in [-0.05, 0) is 36.6 Å². The normalized spacial score (nSPS) is 17.3. The van der Waals surface area contributed by atoms with Gasteiger partial charge < -0.3 is 5.11 Å². The molecule has 0 bridgehead atoms. The van der Waals surface area contributed by atoms with Crippen molar-refractivity contribution in [1.29, 1.82) is 0 Å². The van der Waals surface area contributed by atoms with Crippen LogP contribution in [0.4, 0.5) is 4.39 Å². The minimum atomic E-state index is -0.727. The second-order valence-electron chi connectivity index (χ2n) is 5.62. The van der Waals surface area contributed by atoms with E-state index in [0.717, 1.165) is 5.69 Å². The van der Waals surface area contributed by atoms with Crippen LogP contribution in [0.5, 0.6) is 0 Å². The number of hydrogen-bond donors (Lipinski definition) is 1. The van der Waals surface area contributed by atoms with Crippen molar-refractivity contribution < 1.29 is 9.50 Å². The molecule has 0 aliphatic heterocycles. The minimum absolute atomic E-state index is 0.0306. The van der Waals surface area contributed by atoms with E-state index >= 15 is 0 Å². The van der Waals surface area contributed by atoms with E-state index in [-0.39, 0.29) is 5.02 Å². The lowest BCUT2D eigenvalue weighted by atomic mass is 10.1. The average Bonchev–Trinajstić information content (AvgIpc) is 3.12. The Morgan fingerprint density at radius 1 is 1.33 bits per heavy atom. The zero-order valence-corrected chi connectivity index (χ0v) is 12.4. The molecule has 3 nitrogen and oxygen atoms in total. The van der Waals surface area contributed by atoms with E-state index in [0.29, 0.717) is 18.0 Å². The number of rotatable bonds is 4. The van der Waals surface area contributed by atoms with Gasteiger partial charge in [-0.2, -0.15) is 5.10 Å². The van der Waals surface area contributed by atoms with Crippen molar-refractivity contribution >= 4 is 11.6 Å². The standard InChI is InChI=1S/C16H18ClFN2O/c17-14-9-11(5-6-15(14)18)16(21)10-12-7-8-20(19-12)13-3-1-2-4-13/h5-9,13,16,21H,1-4,10H2. The van der Waals surface area contributed by atoms with Gasteiger partial charge in [0.2, 0.25) is 0 Å². The predicted octanol–water partition coefficient (Wildman–Crippen LogP) is 4.07. The van der Waals surface area contributed by atoms with Gasteiger partial charge in [0.05, 0.1) is 22.9 Å². The Balaban J connectivity index is 1.69. The fourth-order valence-corrected chi connectivity index (χ4v) is 3.08. The summed E-state index contributed by atoms with van der Waals surface area (Å²) < 4.78 is 15.1. The first-order valence-electron chi connectivity index (χ1n) is 7.30. The lowest BCUT2D eigenvalue weighted by Gasteiger charge is -2.11. The molecular weight excluding hydrogens is 291 g/mol. The maximum absolute atomic E-state index is 13.1. The van der Waals surface area contributed by atoms with Crippen molar-refractivity contribution in [1.82, 2.24) is 9.78 Å². The fraction of sp³-hybridized carbons (Fsp3) is 0.438. The highest BCUT2D eigenvalue weighted by Gasteiger charge is 2.18. The lowest BCUT2D eigenvalue weighted by molar-refractivity contribution is 0.176. The largest absolute Gasteiger partial charge is 0.388 e. The van der Waals surface area contributed by atoms with Crippen LogP contribution in [-0.4, -0.2) is 14.9 Å². The van der Waals surface area contributed by atoms with E-state index in [1.807, 2.05) is 16.9 Å². The van der Waals surface area contributed by atoms with Gasteiger partial charge in [0.25, 0.3) is 0 Å². The van der Waals surface area contributed by atoms with E-state index in [1.54, 1.807) is 6.07 Å². The Labute approximate surface area is 128 Å². The molecular formula is C16H18ClFN2O. The van der Waals surface area contributed by atoms with Crippen LogP contribution in [0, 0.1) is 5.82 Å². The van der Waals surface area contributed by atoms with Gasteiger partial charge in [0, 0.05) is 12.6 Å². The molecule has 1 unspecified atom stereocenters. The molecule has 0 radical (unpaired) electrons. The van der Waals surface area contributed by atoms with Gasteiger partial charge >= 0.3 is 0 Å². The van der Waals surface area contributed by atoms with Gasteiger partial charge in [-0.25, -0.2) is 4.39 Å². The molecule has 1 aliphatic carbocycles. The minimum Gasteiger partial charge on any atom is -0.388 e. The Bertz CT molecular complexity index is 622. The number of aliphatic hydroxyl groups is 1. The summed E-state index contributed by atoms with van der Waals surface area (Å²) in [5.74, 6) is -0.474. The Kier molecular flexibility index (Phi) is 4.27. The van der Waals surface area contributed by atoms with Crippen molar-refractivity contribution in [2.45, 2.75) is 44.2 Å². The summed E-state index contributed by atoms with van der Waals surface area (Å²) >= 11 is 5.75.